The molecule has 0 atom stereocenters. The van der Waals surface area contributed by atoms with Gasteiger partial charge < -0.3 is 6.15 Å². The molecule has 38 heavy (non-hydrogen) atoms. The van der Waals surface area contributed by atoms with Crippen molar-refractivity contribution in [3.63, 3.8) is 0 Å². The zero-order valence-corrected chi connectivity index (χ0v) is 29.5. The Balaban J connectivity index is -0.000000289. The Hall–Kier alpha value is 0.440. The Kier molecular flexibility index (Phi) is 56.5. The van der Waals surface area contributed by atoms with Crippen LogP contribution in [0.3, 0.4) is 0 Å². The molecule has 236 valence electrons. The Bertz CT molecular complexity index is 269. The van der Waals surface area contributed by atoms with E-state index in [1.165, 1.54) is 205 Å². The third-order valence-corrected chi connectivity index (χ3v) is 7.91. The molecule has 0 aliphatic heterocycles. The molecule has 0 radical (unpaired) electrons. The Morgan fingerprint density at radius 1 is 0.184 bits per heavy atom. The zero-order chi connectivity index (χ0) is 26.6. The van der Waals surface area contributed by atoms with E-state index in [1.54, 1.807) is 0 Å². The first-order chi connectivity index (χ1) is 17.8. The van der Waals surface area contributed by atoms with E-state index in [9.17, 15) is 0 Å². The van der Waals surface area contributed by atoms with Crippen molar-refractivity contribution in [3.05, 3.63) is 0 Å². The summed E-state index contributed by atoms with van der Waals surface area (Å²) in [5.41, 5.74) is 0. The van der Waals surface area contributed by atoms with Crippen LogP contribution in [0.1, 0.15) is 233 Å². The van der Waals surface area contributed by atoms with Crippen molar-refractivity contribution >= 4 is 17.0 Å². The van der Waals surface area contributed by atoms with Gasteiger partial charge in [0.25, 0.3) is 0 Å². The molecule has 0 aliphatic carbocycles. The molecule has 0 amide bonds. The van der Waals surface area contributed by atoms with Crippen LogP contribution in [0.5, 0.6) is 0 Å². The summed E-state index contributed by atoms with van der Waals surface area (Å²) in [5.74, 6) is 0. The summed E-state index contributed by atoms with van der Waals surface area (Å²) in [6, 6.07) is 0. The van der Waals surface area contributed by atoms with Crippen molar-refractivity contribution in [3.8, 4) is 0 Å². The SMILES string of the molecule is Br.CCCCCCCCCCCCCCCCCC.CCCCCCCCCCCCCCCCCC.N. The molecule has 0 saturated carbocycles. The summed E-state index contributed by atoms with van der Waals surface area (Å²) in [7, 11) is 0. The van der Waals surface area contributed by atoms with Crippen LogP contribution < -0.4 is 6.15 Å². The van der Waals surface area contributed by atoms with Crippen molar-refractivity contribution in [2.45, 2.75) is 233 Å². The van der Waals surface area contributed by atoms with Crippen molar-refractivity contribution in [2.24, 2.45) is 0 Å². The third kappa shape index (κ3) is 49.4. The average Bonchev–Trinajstić information content (AvgIpc) is 2.89. The van der Waals surface area contributed by atoms with Crippen LogP contribution in [0.4, 0.5) is 0 Å². The lowest BCUT2D eigenvalue weighted by Crippen LogP contribution is -1.83. The van der Waals surface area contributed by atoms with Crippen LogP contribution in [0.2, 0.25) is 0 Å². The second-order valence-electron chi connectivity index (χ2n) is 11.9. The fraction of sp³-hybridized carbons (Fsp3) is 1.00. The van der Waals surface area contributed by atoms with Gasteiger partial charge in [0.1, 0.15) is 0 Å². The Morgan fingerprint density at radius 2 is 0.263 bits per heavy atom. The molecular weight excluding hydrogens is 526 g/mol. The predicted octanol–water partition coefficient (Wildman–Crippen LogP) is 15.3. The standard InChI is InChI=1S/2C18H38.BrH.H3N/c2*1-3-5-7-9-11-13-15-17-18-16-14-12-10-8-6-4-2;;/h2*3-18H2,1-2H3;1H;1H3. The zero-order valence-electron chi connectivity index (χ0n) is 27.7. The molecule has 0 rings (SSSR count). The first-order valence-corrected chi connectivity index (χ1v) is 17.8. The van der Waals surface area contributed by atoms with Gasteiger partial charge in [-0.2, -0.15) is 0 Å². The van der Waals surface area contributed by atoms with Crippen LogP contribution in [0, 0.1) is 0 Å². The summed E-state index contributed by atoms with van der Waals surface area (Å²) in [6.07, 6.45) is 46.8. The maximum absolute atomic E-state index is 2.29. The minimum Gasteiger partial charge on any atom is -0.344 e. The molecule has 0 aromatic heterocycles. The van der Waals surface area contributed by atoms with Crippen LogP contribution in [-0.2, 0) is 0 Å². The lowest BCUT2D eigenvalue weighted by Gasteiger charge is -2.03. The van der Waals surface area contributed by atoms with Gasteiger partial charge in [-0.05, 0) is 0 Å². The third-order valence-electron chi connectivity index (χ3n) is 7.91. The summed E-state index contributed by atoms with van der Waals surface area (Å²) in [4.78, 5) is 0. The van der Waals surface area contributed by atoms with E-state index in [-0.39, 0.29) is 23.1 Å². The summed E-state index contributed by atoms with van der Waals surface area (Å²) < 4.78 is 0. The number of unbranched alkanes of at least 4 members (excludes halogenated alkanes) is 30. The normalized spacial score (nSPS) is 10.4. The maximum Gasteiger partial charge on any atom is -0.0533 e. The molecule has 0 unspecified atom stereocenters. The summed E-state index contributed by atoms with van der Waals surface area (Å²) in [5, 5.41) is 0. The Labute approximate surface area is 255 Å². The molecule has 0 heterocycles. The Morgan fingerprint density at radius 3 is 0.342 bits per heavy atom. The van der Waals surface area contributed by atoms with Crippen molar-refractivity contribution < 1.29 is 0 Å². The van der Waals surface area contributed by atoms with E-state index in [4.69, 9.17) is 0 Å². The second-order valence-corrected chi connectivity index (χ2v) is 11.9. The van der Waals surface area contributed by atoms with Gasteiger partial charge in [0.15, 0.2) is 0 Å². The fourth-order valence-electron chi connectivity index (χ4n) is 5.24. The smallest absolute Gasteiger partial charge is 0.0533 e. The summed E-state index contributed by atoms with van der Waals surface area (Å²) in [6.45, 7) is 9.18. The molecule has 0 aromatic rings. The molecule has 0 aromatic carbocycles. The van der Waals surface area contributed by atoms with E-state index >= 15 is 0 Å². The maximum atomic E-state index is 2.29. The molecule has 3 N–H and O–H groups in total. The highest BCUT2D eigenvalue weighted by atomic mass is 79.9. The largest absolute Gasteiger partial charge is 0.344 e. The molecule has 1 nitrogen and oxygen atoms in total. The molecule has 0 aliphatic rings. The van der Waals surface area contributed by atoms with Gasteiger partial charge in [0.05, 0.1) is 0 Å². The van der Waals surface area contributed by atoms with Gasteiger partial charge in [-0.25, -0.2) is 0 Å². The van der Waals surface area contributed by atoms with E-state index in [1.807, 2.05) is 0 Å². The van der Waals surface area contributed by atoms with E-state index < -0.39 is 0 Å². The van der Waals surface area contributed by atoms with E-state index in [0.717, 1.165) is 0 Å². The van der Waals surface area contributed by atoms with Crippen LogP contribution in [0.15, 0.2) is 0 Å². The molecular formula is C36H80BrN. The highest BCUT2D eigenvalue weighted by Crippen LogP contribution is 2.15. The second kappa shape index (κ2) is 47.2. The van der Waals surface area contributed by atoms with Crippen LogP contribution >= 0.6 is 17.0 Å². The van der Waals surface area contributed by atoms with E-state index in [2.05, 4.69) is 27.7 Å². The lowest BCUT2D eigenvalue weighted by molar-refractivity contribution is 0.531. The van der Waals surface area contributed by atoms with Gasteiger partial charge in [0, 0.05) is 0 Å². The minimum atomic E-state index is 0. The molecule has 0 fully saturated rings. The number of hydrogen-bond acceptors (Lipinski definition) is 1. The fourth-order valence-corrected chi connectivity index (χ4v) is 5.24. The minimum absolute atomic E-state index is 0. The van der Waals surface area contributed by atoms with Crippen molar-refractivity contribution in [1.29, 1.82) is 0 Å². The molecule has 0 bridgehead atoms. The van der Waals surface area contributed by atoms with Crippen molar-refractivity contribution in [1.82, 2.24) is 6.15 Å². The molecule has 2 heteroatoms. The monoisotopic (exact) mass is 606 g/mol. The molecule has 0 spiro atoms. The van der Waals surface area contributed by atoms with Crippen LogP contribution in [-0.4, -0.2) is 0 Å². The van der Waals surface area contributed by atoms with Crippen LogP contribution in [0.25, 0.3) is 0 Å². The van der Waals surface area contributed by atoms with Gasteiger partial charge in [-0.15, -0.1) is 17.0 Å². The average molecular weight is 607 g/mol. The highest BCUT2D eigenvalue weighted by Gasteiger charge is 1.95. The highest BCUT2D eigenvalue weighted by molar-refractivity contribution is 8.93. The van der Waals surface area contributed by atoms with Crippen molar-refractivity contribution in [2.75, 3.05) is 0 Å². The van der Waals surface area contributed by atoms with Gasteiger partial charge in [-0.3, -0.25) is 0 Å². The predicted molar refractivity (Wildman–Crippen MR) is 186 cm³/mol. The quantitative estimate of drug-likeness (QED) is 0.0811. The summed E-state index contributed by atoms with van der Waals surface area (Å²) >= 11 is 0. The van der Waals surface area contributed by atoms with Gasteiger partial charge >= 0.3 is 0 Å². The molecule has 0 saturated heterocycles. The number of rotatable bonds is 30. The number of hydrogen-bond donors (Lipinski definition) is 1. The number of halogens is 1. The first-order valence-electron chi connectivity index (χ1n) is 17.8. The van der Waals surface area contributed by atoms with Gasteiger partial charge in [-0.1, -0.05) is 233 Å². The topological polar surface area (TPSA) is 35.0 Å². The first kappa shape index (κ1) is 45.4. The lowest BCUT2D eigenvalue weighted by atomic mass is 10.0. The van der Waals surface area contributed by atoms with E-state index in [0.29, 0.717) is 0 Å². The van der Waals surface area contributed by atoms with Gasteiger partial charge in [0.2, 0.25) is 0 Å².